The third kappa shape index (κ3) is 3.63. The zero-order valence-corrected chi connectivity index (χ0v) is 15.3. The molecule has 2 aromatic carbocycles. The first-order valence-electron chi connectivity index (χ1n) is 8.32. The van der Waals surface area contributed by atoms with E-state index in [4.69, 9.17) is 5.73 Å². The number of benzene rings is 2. The maximum atomic E-state index is 13.2. The number of H-pyrrole nitrogens is 1. The second-order valence-electron chi connectivity index (χ2n) is 5.84. The molecule has 0 bridgehead atoms. The van der Waals surface area contributed by atoms with E-state index in [9.17, 15) is 9.18 Å². The molecule has 2 aromatic heterocycles. The van der Waals surface area contributed by atoms with E-state index in [0.29, 0.717) is 11.6 Å². The Morgan fingerprint density at radius 2 is 1.89 bits per heavy atom. The van der Waals surface area contributed by atoms with Crippen LogP contribution in [-0.4, -0.2) is 15.9 Å². The number of aromatic nitrogens is 2. The Labute approximate surface area is 163 Å². The Morgan fingerprint density at radius 1 is 1.07 bits per heavy atom. The van der Waals surface area contributed by atoms with Crippen molar-refractivity contribution in [3.63, 3.8) is 0 Å². The highest BCUT2D eigenvalue weighted by Crippen LogP contribution is 2.40. The van der Waals surface area contributed by atoms with Crippen molar-refractivity contribution in [2.24, 2.45) is 10.2 Å². The van der Waals surface area contributed by atoms with Gasteiger partial charge >= 0.3 is 5.91 Å². The van der Waals surface area contributed by atoms with Gasteiger partial charge in [0, 0.05) is 26.8 Å². The van der Waals surface area contributed by atoms with Gasteiger partial charge in [0.05, 0.1) is 0 Å². The summed E-state index contributed by atoms with van der Waals surface area (Å²) in [6.07, 6.45) is 1.52. The van der Waals surface area contributed by atoms with Crippen LogP contribution in [-0.2, 0) is 0 Å². The van der Waals surface area contributed by atoms with E-state index in [0.717, 1.165) is 20.6 Å². The van der Waals surface area contributed by atoms with Gasteiger partial charge in [0.25, 0.3) is 0 Å². The number of fused-ring (bicyclic) bond motifs is 1. The number of pyridine rings is 1. The van der Waals surface area contributed by atoms with Crippen LogP contribution >= 0.6 is 11.8 Å². The highest BCUT2D eigenvalue weighted by Gasteiger charge is 2.14. The number of amides is 1. The van der Waals surface area contributed by atoms with Crippen LogP contribution in [0.25, 0.3) is 10.8 Å². The maximum Gasteiger partial charge on any atom is 0.313 e. The molecule has 2 heterocycles. The van der Waals surface area contributed by atoms with Gasteiger partial charge in [-0.25, -0.2) is 4.39 Å². The lowest BCUT2D eigenvalue weighted by molar-refractivity contribution is 0.0990. The van der Waals surface area contributed by atoms with Gasteiger partial charge in [0.15, 0.2) is 5.82 Å². The minimum Gasteiger partial charge on any atom is -0.385 e. The Hall–Kier alpha value is -3.52. The number of nitrogens with zero attached hydrogens (tertiary/aromatic N) is 3. The molecule has 0 fully saturated rings. The molecule has 0 unspecified atom stereocenters. The number of hydrogen-bond donors (Lipinski definition) is 2. The van der Waals surface area contributed by atoms with Gasteiger partial charge in [0.2, 0.25) is 0 Å². The number of halogens is 1. The van der Waals surface area contributed by atoms with Crippen LogP contribution in [0.1, 0.15) is 10.5 Å². The summed E-state index contributed by atoms with van der Waals surface area (Å²) in [5.41, 5.74) is 6.27. The predicted octanol–water partition coefficient (Wildman–Crippen LogP) is 5.36. The Morgan fingerprint density at radius 3 is 2.64 bits per heavy atom. The van der Waals surface area contributed by atoms with Crippen LogP contribution in [0.15, 0.2) is 86.9 Å². The molecule has 0 aliphatic rings. The number of nitrogen functional groups attached to an aromatic ring is 1. The fraction of sp³-hybridized carbons (Fsp3) is 0. The summed E-state index contributed by atoms with van der Waals surface area (Å²) in [7, 11) is 0. The zero-order chi connectivity index (χ0) is 19.5. The molecule has 0 saturated heterocycles. The average Bonchev–Trinajstić information content (AvgIpc) is 3.05. The predicted molar refractivity (Wildman–Crippen MR) is 106 cm³/mol. The lowest BCUT2D eigenvalue weighted by Gasteiger charge is -2.04. The van der Waals surface area contributed by atoms with Crippen molar-refractivity contribution in [2.75, 3.05) is 5.73 Å². The minimum absolute atomic E-state index is 0.205. The molecule has 4 aromatic rings. The van der Waals surface area contributed by atoms with Crippen molar-refractivity contribution >= 4 is 40.1 Å². The molecule has 3 N–H and O–H groups in total. The number of nitrogens with one attached hydrogen (secondary N) is 1. The van der Waals surface area contributed by atoms with Crippen LogP contribution in [0.4, 0.5) is 16.0 Å². The Balaban J connectivity index is 1.71. The lowest BCUT2D eigenvalue weighted by atomic mass is 10.2. The fourth-order valence-corrected chi connectivity index (χ4v) is 3.66. The fourth-order valence-electron chi connectivity index (χ4n) is 2.68. The summed E-state index contributed by atoms with van der Waals surface area (Å²) in [5, 5.41) is 9.35. The van der Waals surface area contributed by atoms with Crippen LogP contribution in [0.2, 0.25) is 0 Å². The molecule has 0 saturated carbocycles. The molecule has 138 valence electrons. The summed E-state index contributed by atoms with van der Waals surface area (Å²) in [4.78, 5) is 20.8. The molecule has 0 radical (unpaired) electrons. The molecule has 8 heteroatoms. The van der Waals surface area contributed by atoms with E-state index >= 15 is 0 Å². The highest BCUT2D eigenvalue weighted by atomic mass is 32.2. The number of carbonyl (C=O) groups excluding carboxylic acids is 1. The van der Waals surface area contributed by atoms with Gasteiger partial charge in [-0.05, 0) is 42.5 Å². The van der Waals surface area contributed by atoms with E-state index in [2.05, 4.69) is 20.2 Å². The van der Waals surface area contributed by atoms with Crippen LogP contribution < -0.4 is 5.73 Å². The second-order valence-corrected chi connectivity index (χ2v) is 6.96. The summed E-state index contributed by atoms with van der Waals surface area (Å²) < 4.78 is 13.2. The largest absolute Gasteiger partial charge is 0.385 e. The maximum absolute atomic E-state index is 13.2. The summed E-state index contributed by atoms with van der Waals surface area (Å²) in [6, 6.07) is 16.8. The molecular formula is C20H14FN5OS. The Bertz CT molecular complexity index is 1170. The SMILES string of the molecule is Nc1[nH]c(N=NC(=O)c2ccccn2)c2c(Sc3ccc(F)cc3)cccc12. The number of nitrogens with two attached hydrogens (primary N) is 1. The molecular weight excluding hydrogens is 377 g/mol. The van der Waals surface area contributed by atoms with Gasteiger partial charge in [-0.15, -0.1) is 10.2 Å². The highest BCUT2D eigenvalue weighted by molar-refractivity contribution is 7.99. The van der Waals surface area contributed by atoms with Gasteiger partial charge in [-0.2, -0.15) is 0 Å². The minimum atomic E-state index is -0.550. The number of rotatable bonds is 4. The molecule has 1 amide bonds. The average molecular weight is 391 g/mol. The monoisotopic (exact) mass is 391 g/mol. The molecule has 6 nitrogen and oxygen atoms in total. The van der Waals surface area contributed by atoms with E-state index in [1.807, 2.05) is 18.2 Å². The Kier molecular flexibility index (Phi) is 4.86. The van der Waals surface area contributed by atoms with Crippen molar-refractivity contribution in [2.45, 2.75) is 9.79 Å². The number of aromatic amines is 1. The van der Waals surface area contributed by atoms with Crippen LogP contribution in [0.5, 0.6) is 0 Å². The summed E-state index contributed by atoms with van der Waals surface area (Å²) >= 11 is 1.44. The second kappa shape index (κ2) is 7.61. The van der Waals surface area contributed by atoms with Gasteiger partial charge in [0.1, 0.15) is 17.3 Å². The third-order valence-electron chi connectivity index (χ3n) is 3.97. The number of anilines is 1. The molecule has 4 rings (SSSR count). The van der Waals surface area contributed by atoms with Crippen molar-refractivity contribution in [3.8, 4) is 0 Å². The lowest BCUT2D eigenvalue weighted by Crippen LogP contribution is -1.96. The van der Waals surface area contributed by atoms with E-state index < -0.39 is 5.91 Å². The van der Waals surface area contributed by atoms with Crippen molar-refractivity contribution in [1.82, 2.24) is 9.97 Å². The molecule has 0 aliphatic carbocycles. The number of hydrogen-bond acceptors (Lipinski definition) is 5. The van der Waals surface area contributed by atoms with Gasteiger partial charge in [-0.3, -0.25) is 9.78 Å². The third-order valence-corrected chi connectivity index (χ3v) is 5.04. The smallest absolute Gasteiger partial charge is 0.313 e. The topological polar surface area (TPSA) is 96.5 Å². The molecule has 28 heavy (non-hydrogen) atoms. The van der Waals surface area contributed by atoms with Gasteiger partial charge in [-0.1, -0.05) is 30.0 Å². The zero-order valence-electron chi connectivity index (χ0n) is 14.5. The molecule has 0 spiro atoms. The molecule has 0 aliphatic heterocycles. The molecule has 0 atom stereocenters. The van der Waals surface area contributed by atoms with E-state index in [-0.39, 0.29) is 11.5 Å². The standard InChI is InChI=1S/C20H14FN5OS/c21-12-7-9-13(10-8-12)28-16-6-3-4-14-17(16)19(24-18(14)22)25-26-20(27)15-5-1-2-11-23-15/h1-11,24H,22H2. The summed E-state index contributed by atoms with van der Waals surface area (Å²) in [6.45, 7) is 0. The number of azo groups is 1. The van der Waals surface area contributed by atoms with Crippen molar-refractivity contribution < 1.29 is 9.18 Å². The van der Waals surface area contributed by atoms with E-state index in [1.165, 1.54) is 30.1 Å². The van der Waals surface area contributed by atoms with Crippen molar-refractivity contribution in [3.05, 3.63) is 78.4 Å². The van der Waals surface area contributed by atoms with Crippen molar-refractivity contribution in [1.29, 1.82) is 0 Å². The normalized spacial score (nSPS) is 11.3. The quantitative estimate of drug-likeness (QED) is 0.458. The number of carbonyl (C=O) groups is 1. The first kappa shape index (κ1) is 17.9. The summed E-state index contributed by atoms with van der Waals surface area (Å²) in [5.74, 6) is -0.0423. The van der Waals surface area contributed by atoms with Crippen LogP contribution in [0.3, 0.4) is 0 Å². The van der Waals surface area contributed by atoms with E-state index in [1.54, 1.807) is 30.3 Å². The first-order chi connectivity index (χ1) is 13.6. The van der Waals surface area contributed by atoms with Crippen LogP contribution in [0, 0.1) is 5.82 Å². The first-order valence-corrected chi connectivity index (χ1v) is 9.14. The van der Waals surface area contributed by atoms with Gasteiger partial charge < -0.3 is 10.7 Å².